The quantitative estimate of drug-likeness (QED) is 0.823. The van der Waals surface area contributed by atoms with Crippen LogP contribution in [0.15, 0.2) is 22.7 Å². The van der Waals surface area contributed by atoms with Gasteiger partial charge in [0.25, 0.3) is 0 Å². The van der Waals surface area contributed by atoms with Crippen molar-refractivity contribution >= 4 is 21.6 Å². The minimum absolute atomic E-state index is 0.151. The average Bonchev–Trinajstić information content (AvgIpc) is 2.45. The summed E-state index contributed by atoms with van der Waals surface area (Å²) in [6.07, 6.45) is 3.99. The third-order valence-corrected chi connectivity index (χ3v) is 4.79. The van der Waals surface area contributed by atoms with Crippen LogP contribution < -0.4 is 10.2 Å². The largest absolute Gasteiger partial charge is 0.371 e. The normalized spacial score (nSPS) is 19.9. The molecule has 0 bridgehead atoms. The highest BCUT2D eigenvalue weighted by Crippen LogP contribution is 2.30. The van der Waals surface area contributed by atoms with Gasteiger partial charge in [-0.05, 0) is 57.2 Å². The number of nitrogens with zero attached hydrogens (tertiary/aromatic N) is 1. The van der Waals surface area contributed by atoms with Crippen molar-refractivity contribution in [3.8, 4) is 0 Å². The highest BCUT2D eigenvalue weighted by molar-refractivity contribution is 9.10. The fourth-order valence-corrected chi connectivity index (χ4v) is 3.31. The van der Waals surface area contributed by atoms with Crippen LogP contribution in [-0.4, -0.2) is 18.6 Å². The summed E-state index contributed by atoms with van der Waals surface area (Å²) >= 11 is 3.64. The Kier molecular flexibility index (Phi) is 5.73. The standard InChI is InChI=1S/C18H29BrN2/c1-5-14-7-6-10-21(13-14)17-11-16(19)9-8-15(17)12-20-18(2,3)4/h8-9,11,14,20H,5-7,10,12-13H2,1-4H3. The van der Waals surface area contributed by atoms with Crippen molar-refractivity contribution in [3.05, 3.63) is 28.2 Å². The van der Waals surface area contributed by atoms with Crippen molar-refractivity contribution in [2.45, 2.75) is 59.0 Å². The molecule has 1 heterocycles. The van der Waals surface area contributed by atoms with Crippen LogP contribution in [0, 0.1) is 5.92 Å². The van der Waals surface area contributed by atoms with Crippen LogP contribution in [0.1, 0.15) is 52.5 Å². The van der Waals surface area contributed by atoms with Crippen LogP contribution in [0.5, 0.6) is 0 Å². The summed E-state index contributed by atoms with van der Waals surface area (Å²) in [5.41, 5.74) is 2.96. The molecule has 0 saturated carbocycles. The molecule has 0 spiro atoms. The predicted molar refractivity (Wildman–Crippen MR) is 96.0 cm³/mol. The van der Waals surface area contributed by atoms with Crippen LogP contribution >= 0.6 is 15.9 Å². The van der Waals surface area contributed by atoms with Gasteiger partial charge in [0.05, 0.1) is 0 Å². The molecule has 0 amide bonds. The van der Waals surface area contributed by atoms with Crippen LogP contribution in [0.3, 0.4) is 0 Å². The number of halogens is 1. The van der Waals surface area contributed by atoms with Gasteiger partial charge in [-0.15, -0.1) is 0 Å². The molecule has 1 aliphatic rings. The van der Waals surface area contributed by atoms with Gasteiger partial charge >= 0.3 is 0 Å². The van der Waals surface area contributed by atoms with Crippen molar-refractivity contribution in [2.24, 2.45) is 5.92 Å². The third kappa shape index (κ3) is 5.00. The zero-order valence-electron chi connectivity index (χ0n) is 13.9. The fourth-order valence-electron chi connectivity index (χ4n) is 2.96. The Hall–Kier alpha value is -0.540. The molecule has 0 aromatic heterocycles. The second kappa shape index (κ2) is 7.15. The van der Waals surface area contributed by atoms with Crippen LogP contribution in [0.25, 0.3) is 0 Å². The lowest BCUT2D eigenvalue weighted by molar-refractivity contribution is 0.401. The van der Waals surface area contributed by atoms with Crippen LogP contribution in [-0.2, 0) is 6.54 Å². The van der Waals surface area contributed by atoms with Crippen LogP contribution in [0.4, 0.5) is 5.69 Å². The van der Waals surface area contributed by atoms with Crippen molar-refractivity contribution in [2.75, 3.05) is 18.0 Å². The SMILES string of the molecule is CCC1CCCN(c2cc(Br)ccc2CNC(C)(C)C)C1. The van der Waals surface area contributed by atoms with Gasteiger partial charge in [0.2, 0.25) is 0 Å². The summed E-state index contributed by atoms with van der Waals surface area (Å²) in [6.45, 7) is 12.3. The fraction of sp³-hybridized carbons (Fsp3) is 0.667. The van der Waals surface area contributed by atoms with Gasteiger partial charge in [-0.2, -0.15) is 0 Å². The Morgan fingerprint density at radius 1 is 1.33 bits per heavy atom. The van der Waals surface area contributed by atoms with E-state index in [0.717, 1.165) is 12.5 Å². The molecule has 1 unspecified atom stereocenters. The third-order valence-electron chi connectivity index (χ3n) is 4.29. The van der Waals surface area contributed by atoms with Gasteiger partial charge in [-0.1, -0.05) is 35.3 Å². The maximum atomic E-state index is 3.64. The summed E-state index contributed by atoms with van der Waals surface area (Å²) in [5.74, 6) is 0.848. The average molecular weight is 353 g/mol. The number of piperidine rings is 1. The van der Waals surface area contributed by atoms with Gasteiger partial charge in [0.1, 0.15) is 0 Å². The molecule has 2 nitrogen and oxygen atoms in total. The van der Waals surface area contributed by atoms with E-state index in [1.54, 1.807) is 0 Å². The first-order valence-electron chi connectivity index (χ1n) is 8.17. The first-order chi connectivity index (χ1) is 9.89. The molecule has 1 aliphatic heterocycles. The summed E-state index contributed by atoms with van der Waals surface area (Å²) in [4.78, 5) is 2.59. The van der Waals surface area contributed by atoms with Crippen molar-refractivity contribution in [3.63, 3.8) is 0 Å². The van der Waals surface area contributed by atoms with E-state index in [2.05, 4.69) is 72.0 Å². The van der Waals surface area contributed by atoms with E-state index in [1.165, 1.54) is 48.1 Å². The maximum absolute atomic E-state index is 3.64. The maximum Gasteiger partial charge on any atom is 0.0423 e. The molecule has 118 valence electrons. The molecule has 3 heteroatoms. The van der Waals surface area contributed by atoms with E-state index in [4.69, 9.17) is 0 Å². The molecule has 1 fully saturated rings. The van der Waals surface area contributed by atoms with Gasteiger partial charge in [-0.25, -0.2) is 0 Å². The van der Waals surface area contributed by atoms with Gasteiger partial charge in [0, 0.05) is 35.3 Å². The minimum Gasteiger partial charge on any atom is -0.371 e. The monoisotopic (exact) mass is 352 g/mol. The Morgan fingerprint density at radius 2 is 2.10 bits per heavy atom. The number of benzene rings is 1. The lowest BCUT2D eigenvalue weighted by Gasteiger charge is -2.36. The zero-order valence-corrected chi connectivity index (χ0v) is 15.5. The summed E-state index contributed by atoms with van der Waals surface area (Å²) in [5, 5.41) is 3.62. The number of nitrogens with one attached hydrogen (secondary N) is 1. The second-order valence-corrected chi connectivity index (χ2v) is 8.15. The molecule has 1 aromatic carbocycles. The van der Waals surface area contributed by atoms with E-state index >= 15 is 0 Å². The summed E-state index contributed by atoms with van der Waals surface area (Å²) in [6, 6.07) is 6.70. The van der Waals surface area contributed by atoms with E-state index in [-0.39, 0.29) is 5.54 Å². The van der Waals surface area contributed by atoms with Gasteiger partial charge in [0.15, 0.2) is 0 Å². The molecule has 21 heavy (non-hydrogen) atoms. The Bertz CT molecular complexity index is 465. The first kappa shape index (κ1) is 16.8. The van der Waals surface area contributed by atoms with E-state index in [1.807, 2.05) is 0 Å². The molecule has 1 atom stereocenters. The number of anilines is 1. The lowest BCUT2D eigenvalue weighted by Crippen LogP contribution is -2.38. The summed E-state index contributed by atoms with van der Waals surface area (Å²) in [7, 11) is 0. The molecule has 1 aromatic rings. The number of hydrogen-bond donors (Lipinski definition) is 1. The van der Waals surface area contributed by atoms with E-state index in [0.29, 0.717) is 0 Å². The molecule has 0 radical (unpaired) electrons. The van der Waals surface area contributed by atoms with E-state index < -0.39 is 0 Å². The zero-order chi connectivity index (χ0) is 15.5. The van der Waals surface area contributed by atoms with Gasteiger partial charge < -0.3 is 10.2 Å². The smallest absolute Gasteiger partial charge is 0.0423 e. The van der Waals surface area contributed by atoms with Gasteiger partial charge in [-0.3, -0.25) is 0 Å². The van der Waals surface area contributed by atoms with Crippen molar-refractivity contribution in [1.82, 2.24) is 5.32 Å². The first-order valence-corrected chi connectivity index (χ1v) is 8.97. The van der Waals surface area contributed by atoms with Crippen molar-refractivity contribution in [1.29, 1.82) is 0 Å². The highest BCUT2D eigenvalue weighted by Gasteiger charge is 2.21. The molecule has 1 N–H and O–H groups in total. The molecule has 2 rings (SSSR count). The molecular formula is C18H29BrN2. The lowest BCUT2D eigenvalue weighted by atomic mass is 9.94. The Morgan fingerprint density at radius 3 is 2.76 bits per heavy atom. The topological polar surface area (TPSA) is 15.3 Å². The summed E-state index contributed by atoms with van der Waals surface area (Å²) < 4.78 is 1.18. The number of hydrogen-bond acceptors (Lipinski definition) is 2. The Balaban J connectivity index is 2.18. The van der Waals surface area contributed by atoms with Crippen molar-refractivity contribution < 1.29 is 0 Å². The highest BCUT2D eigenvalue weighted by atomic mass is 79.9. The second-order valence-electron chi connectivity index (χ2n) is 7.24. The molecule has 1 saturated heterocycles. The molecule has 0 aliphatic carbocycles. The minimum atomic E-state index is 0.151. The Labute approximate surface area is 138 Å². The van der Waals surface area contributed by atoms with Crippen LogP contribution in [0.2, 0.25) is 0 Å². The number of rotatable bonds is 4. The molecular weight excluding hydrogens is 324 g/mol. The predicted octanol–water partition coefficient (Wildman–Crippen LogP) is 4.96. The van der Waals surface area contributed by atoms with E-state index in [9.17, 15) is 0 Å².